The molecule has 0 aromatic carbocycles. The van der Waals surface area contributed by atoms with Crippen molar-refractivity contribution in [3.05, 3.63) is 22.4 Å². The van der Waals surface area contributed by atoms with Crippen LogP contribution in [0.2, 0.25) is 0 Å². The summed E-state index contributed by atoms with van der Waals surface area (Å²) in [6.45, 7) is 1.44. The van der Waals surface area contributed by atoms with Crippen molar-refractivity contribution >= 4 is 17.2 Å². The molecule has 1 aromatic rings. The highest BCUT2D eigenvalue weighted by Crippen LogP contribution is 2.19. The van der Waals surface area contributed by atoms with E-state index < -0.39 is 0 Å². The number of hydrogen-bond acceptors (Lipinski definition) is 3. The van der Waals surface area contributed by atoms with Crippen molar-refractivity contribution in [2.75, 3.05) is 13.1 Å². The van der Waals surface area contributed by atoms with Crippen LogP contribution in [0, 0.1) is 0 Å². The highest BCUT2D eigenvalue weighted by molar-refractivity contribution is 7.08. The quantitative estimate of drug-likeness (QED) is 0.831. The Labute approximate surface area is 93.9 Å². The van der Waals surface area contributed by atoms with Gasteiger partial charge >= 0.3 is 0 Å². The SMILES string of the molecule is NCC1CCCCN1C(=O)c1ccsc1. The molecule has 1 aliphatic heterocycles. The van der Waals surface area contributed by atoms with Crippen LogP contribution < -0.4 is 5.73 Å². The predicted octanol–water partition coefficient (Wildman–Crippen LogP) is 1.70. The van der Waals surface area contributed by atoms with E-state index in [4.69, 9.17) is 5.73 Å². The molecule has 4 heteroatoms. The van der Waals surface area contributed by atoms with Crippen molar-refractivity contribution in [2.24, 2.45) is 5.73 Å². The van der Waals surface area contributed by atoms with Crippen LogP contribution in [0.25, 0.3) is 0 Å². The summed E-state index contributed by atoms with van der Waals surface area (Å²) in [5.74, 6) is 0.145. The lowest BCUT2D eigenvalue weighted by molar-refractivity contribution is 0.0624. The average molecular weight is 224 g/mol. The zero-order valence-electron chi connectivity index (χ0n) is 8.69. The molecule has 1 aliphatic rings. The Bertz CT molecular complexity index is 323. The lowest BCUT2D eigenvalue weighted by Gasteiger charge is -2.34. The lowest BCUT2D eigenvalue weighted by atomic mass is 10.0. The molecule has 2 heterocycles. The molecule has 1 amide bonds. The number of nitrogens with zero attached hydrogens (tertiary/aromatic N) is 1. The second-order valence-electron chi connectivity index (χ2n) is 3.90. The van der Waals surface area contributed by atoms with Gasteiger partial charge in [-0.15, -0.1) is 0 Å². The second kappa shape index (κ2) is 4.77. The van der Waals surface area contributed by atoms with Gasteiger partial charge in [0.15, 0.2) is 0 Å². The Morgan fingerprint density at radius 1 is 1.60 bits per heavy atom. The van der Waals surface area contributed by atoms with E-state index in [1.165, 1.54) is 6.42 Å². The first-order valence-corrected chi connectivity index (χ1v) is 6.30. The summed E-state index contributed by atoms with van der Waals surface area (Å²) in [4.78, 5) is 14.0. The fourth-order valence-electron chi connectivity index (χ4n) is 2.06. The Morgan fingerprint density at radius 2 is 2.47 bits per heavy atom. The molecule has 82 valence electrons. The predicted molar refractivity (Wildman–Crippen MR) is 62.0 cm³/mol. The number of rotatable bonds is 2. The van der Waals surface area contributed by atoms with E-state index in [2.05, 4.69) is 0 Å². The summed E-state index contributed by atoms with van der Waals surface area (Å²) in [5.41, 5.74) is 6.50. The maximum atomic E-state index is 12.1. The zero-order chi connectivity index (χ0) is 10.7. The van der Waals surface area contributed by atoms with E-state index in [1.54, 1.807) is 11.3 Å². The van der Waals surface area contributed by atoms with Gasteiger partial charge in [0.2, 0.25) is 0 Å². The molecule has 0 aliphatic carbocycles. The third-order valence-corrected chi connectivity index (χ3v) is 3.61. The number of hydrogen-bond donors (Lipinski definition) is 1. The van der Waals surface area contributed by atoms with Crippen LogP contribution in [0.15, 0.2) is 16.8 Å². The standard InChI is InChI=1S/C11H16N2OS/c12-7-10-3-1-2-5-13(10)11(14)9-4-6-15-8-9/h4,6,8,10H,1-3,5,7,12H2. The monoisotopic (exact) mass is 224 g/mol. The molecule has 15 heavy (non-hydrogen) atoms. The molecule has 1 aromatic heterocycles. The normalized spacial score (nSPS) is 21.7. The Balaban J connectivity index is 2.11. The first kappa shape index (κ1) is 10.6. The van der Waals surface area contributed by atoms with Gasteiger partial charge in [-0.3, -0.25) is 4.79 Å². The summed E-state index contributed by atoms with van der Waals surface area (Å²) < 4.78 is 0. The molecule has 3 nitrogen and oxygen atoms in total. The largest absolute Gasteiger partial charge is 0.334 e. The van der Waals surface area contributed by atoms with Gasteiger partial charge < -0.3 is 10.6 Å². The van der Waals surface area contributed by atoms with Crippen LogP contribution in [-0.2, 0) is 0 Å². The van der Waals surface area contributed by atoms with E-state index in [-0.39, 0.29) is 11.9 Å². The lowest BCUT2D eigenvalue weighted by Crippen LogP contribution is -2.47. The van der Waals surface area contributed by atoms with Gasteiger partial charge in [0.1, 0.15) is 0 Å². The minimum absolute atomic E-state index is 0.145. The molecule has 0 saturated carbocycles. The molecule has 2 rings (SSSR count). The fourth-order valence-corrected chi connectivity index (χ4v) is 2.69. The van der Waals surface area contributed by atoms with Crippen molar-refractivity contribution in [3.63, 3.8) is 0 Å². The number of carbonyl (C=O) groups is 1. The summed E-state index contributed by atoms with van der Waals surface area (Å²) in [5, 5.41) is 3.85. The number of nitrogens with two attached hydrogens (primary N) is 1. The minimum Gasteiger partial charge on any atom is -0.334 e. The van der Waals surface area contributed by atoms with E-state index in [0.29, 0.717) is 6.54 Å². The molecule has 0 radical (unpaired) electrons. The Kier molecular flexibility index (Phi) is 3.38. The van der Waals surface area contributed by atoms with E-state index >= 15 is 0 Å². The Hall–Kier alpha value is -0.870. The van der Waals surface area contributed by atoms with Gasteiger partial charge in [0.25, 0.3) is 5.91 Å². The summed E-state index contributed by atoms with van der Waals surface area (Å²) >= 11 is 1.56. The fraction of sp³-hybridized carbons (Fsp3) is 0.545. The summed E-state index contributed by atoms with van der Waals surface area (Å²) in [7, 11) is 0. The molecule has 1 unspecified atom stereocenters. The number of likely N-dealkylation sites (tertiary alicyclic amines) is 1. The van der Waals surface area contributed by atoms with Crippen molar-refractivity contribution < 1.29 is 4.79 Å². The van der Waals surface area contributed by atoms with Crippen LogP contribution in [0.4, 0.5) is 0 Å². The van der Waals surface area contributed by atoms with Gasteiger partial charge in [-0.05, 0) is 30.7 Å². The van der Waals surface area contributed by atoms with Crippen LogP contribution in [0.3, 0.4) is 0 Å². The third kappa shape index (κ3) is 2.21. The maximum absolute atomic E-state index is 12.1. The van der Waals surface area contributed by atoms with Gasteiger partial charge in [-0.2, -0.15) is 11.3 Å². The van der Waals surface area contributed by atoms with Crippen molar-refractivity contribution in [3.8, 4) is 0 Å². The number of piperidine rings is 1. The molecule has 2 N–H and O–H groups in total. The van der Waals surface area contributed by atoms with Crippen LogP contribution in [0.1, 0.15) is 29.6 Å². The first-order valence-electron chi connectivity index (χ1n) is 5.36. The van der Waals surface area contributed by atoms with E-state index in [1.807, 2.05) is 21.7 Å². The Morgan fingerprint density at radius 3 is 3.13 bits per heavy atom. The van der Waals surface area contributed by atoms with E-state index in [0.717, 1.165) is 24.9 Å². The van der Waals surface area contributed by atoms with Crippen molar-refractivity contribution in [1.82, 2.24) is 4.90 Å². The second-order valence-corrected chi connectivity index (χ2v) is 4.68. The van der Waals surface area contributed by atoms with Crippen LogP contribution in [0.5, 0.6) is 0 Å². The van der Waals surface area contributed by atoms with E-state index in [9.17, 15) is 4.79 Å². The molecule has 0 spiro atoms. The smallest absolute Gasteiger partial charge is 0.254 e. The van der Waals surface area contributed by atoms with Gasteiger partial charge in [0, 0.05) is 24.5 Å². The topological polar surface area (TPSA) is 46.3 Å². The summed E-state index contributed by atoms with van der Waals surface area (Å²) in [6, 6.07) is 2.13. The molecule has 1 saturated heterocycles. The van der Waals surface area contributed by atoms with Crippen LogP contribution >= 0.6 is 11.3 Å². The van der Waals surface area contributed by atoms with Gasteiger partial charge in [-0.25, -0.2) is 0 Å². The average Bonchev–Trinajstić information content (AvgIpc) is 2.81. The van der Waals surface area contributed by atoms with Crippen LogP contribution in [-0.4, -0.2) is 29.9 Å². The highest BCUT2D eigenvalue weighted by Gasteiger charge is 2.26. The highest BCUT2D eigenvalue weighted by atomic mass is 32.1. The minimum atomic E-state index is 0.145. The van der Waals surface area contributed by atoms with Gasteiger partial charge in [0.05, 0.1) is 5.56 Å². The van der Waals surface area contributed by atoms with Gasteiger partial charge in [-0.1, -0.05) is 0 Å². The zero-order valence-corrected chi connectivity index (χ0v) is 9.50. The van der Waals surface area contributed by atoms with Crippen molar-refractivity contribution in [1.29, 1.82) is 0 Å². The molecular formula is C11H16N2OS. The van der Waals surface area contributed by atoms with Crippen molar-refractivity contribution in [2.45, 2.75) is 25.3 Å². The number of carbonyl (C=O) groups excluding carboxylic acids is 1. The molecule has 1 fully saturated rings. The molecule has 0 bridgehead atoms. The number of thiophene rings is 1. The molecular weight excluding hydrogens is 208 g/mol. The first-order chi connectivity index (χ1) is 7.33. The maximum Gasteiger partial charge on any atom is 0.254 e. The number of amides is 1. The summed E-state index contributed by atoms with van der Waals surface area (Å²) in [6.07, 6.45) is 3.34. The molecule has 1 atom stereocenters. The third-order valence-electron chi connectivity index (χ3n) is 2.93.